The molecule has 2 heterocycles. The van der Waals surface area contributed by atoms with Gasteiger partial charge in [0.2, 0.25) is 0 Å². The Hall–Kier alpha value is -0.120. The fourth-order valence-electron chi connectivity index (χ4n) is 2.91. The summed E-state index contributed by atoms with van der Waals surface area (Å²) < 4.78 is 5.39. The molecule has 2 N–H and O–H groups in total. The third-order valence-electron chi connectivity index (χ3n) is 4.04. The van der Waals surface area contributed by atoms with E-state index in [4.69, 9.17) is 10.5 Å². The van der Waals surface area contributed by atoms with Gasteiger partial charge in [-0.05, 0) is 44.7 Å². The van der Waals surface area contributed by atoms with Gasteiger partial charge in [0, 0.05) is 25.8 Å². The normalized spacial score (nSPS) is 27.6. The molecule has 0 radical (unpaired) electrons. The van der Waals surface area contributed by atoms with E-state index in [-0.39, 0.29) is 0 Å². The van der Waals surface area contributed by atoms with Gasteiger partial charge >= 0.3 is 0 Å². The lowest BCUT2D eigenvalue weighted by Crippen LogP contribution is -2.44. The Bertz CT molecular complexity index is 184. The second-order valence-corrected chi connectivity index (χ2v) is 5.33. The monoisotopic (exact) mass is 226 g/mol. The fourth-order valence-corrected chi connectivity index (χ4v) is 2.91. The lowest BCUT2D eigenvalue weighted by molar-refractivity contribution is 0.0534. The summed E-state index contributed by atoms with van der Waals surface area (Å²) in [6.07, 6.45) is 7.86. The van der Waals surface area contributed by atoms with E-state index in [1.165, 1.54) is 38.8 Å². The molecule has 0 aromatic rings. The standard InChI is InChI=1S/C13H26N2O/c14-13(12-5-9-16-10-6-12)11-15-7-3-1-2-4-8-15/h12-13H,1-11,14H2. The minimum atomic E-state index is 0.363. The van der Waals surface area contributed by atoms with Gasteiger partial charge < -0.3 is 15.4 Å². The Morgan fingerprint density at radius 3 is 2.31 bits per heavy atom. The van der Waals surface area contributed by atoms with Crippen molar-refractivity contribution in [2.24, 2.45) is 11.7 Å². The van der Waals surface area contributed by atoms with Gasteiger partial charge in [-0.3, -0.25) is 0 Å². The zero-order valence-electron chi connectivity index (χ0n) is 10.4. The molecule has 0 aromatic carbocycles. The Kier molecular flexibility index (Phi) is 5.07. The highest BCUT2D eigenvalue weighted by atomic mass is 16.5. The molecule has 94 valence electrons. The van der Waals surface area contributed by atoms with Gasteiger partial charge in [-0.2, -0.15) is 0 Å². The number of ether oxygens (including phenoxy) is 1. The predicted octanol–water partition coefficient (Wildman–Crippen LogP) is 1.62. The maximum atomic E-state index is 6.33. The molecule has 1 atom stereocenters. The summed E-state index contributed by atoms with van der Waals surface area (Å²) in [4.78, 5) is 2.58. The van der Waals surface area contributed by atoms with Gasteiger partial charge in [0.1, 0.15) is 0 Å². The first-order valence-corrected chi connectivity index (χ1v) is 6.92. The van der Waals surface area contributed by atoms with Crippen molar-refractivity contribution in [1.82, 2.24) is 4.90 Å². The van der Waals surface area contributed by atoms with E-state index in [2.05, 4.69) is 4.90 Å². The van der Waals surface area contributed by atoms with E-state index in [1.807, 2.05) is 0 Å². The molecule has 0 amide bonds. The average molecular weight is 226 g/mol. The van der Waals surface area contributed by atoms with E-state index >= 15 is 0 Å². The molecule has 16 heavy (non-hydrogen) atoms. The highest BCUT2D eigenvalue weighted by Gasteiger charge is 2.23. The first-order chi connectivity index (χ1) is 7.86. The minimum Gasteiger partial charge on any atom is -0.381 e. The summed E-state index contributed by atoms with van der Waals surface area (Å²) in [6, 6.07) is 0.363. The van der Waals surface area contributed by atoms with E-state index in [9.17, 15) is 0 Å². The van der Waals surface area contributed by atoms with E-state index in [1.54, 1.807) is 0 Å². The quantitative estimate of drug-likeness (QED) is 0.794. The molecular formula is C13H26N2O. The third kappa shape index (κ3) is 3.72. The number of likely N-dealkylation sites (tertiary alicyclic amines) is 1. The summed E-state index contributed by atoms with van der Waals surface area (Å²) >= 11 is 0. The van der Waals surface area contributed by atoms with Crippen LogP contribution in [0.3, 0.4) is 0 Å². The first kappa shape index (κ1) is 12.3. The fraction of sp³-hybridized carbons (Fsp3) is 1.00. The second-order valence-electron chi connectivity index (χ2n) is 5.33. The van der Waals surface area contributed by atoms with Crippen LogP contribution in [0, 0.1) is 5.92 Å². The van der Waals surface area contributed by atoms with Crippen LogP contribution in [-0.4, -0.2) is 43.8 Å². The Morgan fingerprint density at radius 1 is 1.06 bits per heavy atom. The first-order valence-electron chi connectivity index (χ1n) is 6.92. The SMILES string of the molecule is NC(CN1CCCCCC1)C1CCOCC1. The van der Waals surface area contributed by atoms with Crippen LogP contribution in [0.1, 0.15) is 38.5 Å². The lowest BCUT2D eigenvalue weighted by Gasteiger charge is -2.31. The summed E-state index contributed by atoms with van der Waals surface area (Å²) in [5.41, 5.74) is 6.33. The number of nitrogens with zero attached hydrogens (tertiary/aromatic N) is 1. The number of nitrogens with two attached hydrogens (primary N) is 1. The van der Waals surface area contributed by atoms with Crippen molar-refractivity contribution < 1.29 is 4.74 Å². The predicted molar refractivity (Wildman–Crippen MR) is 66.4 cm³/mol. The number of hydrogen-bond acceptors (Lipinski definition) is 3. The molecule has 1 unspecified atom stereocenters. The summed E-state index contributed by atoms with van der Waals surface area (Å²) in [7, 11) is 0. The van der Waals surface area contributed by atoms with Crippen molar-refractivity contribution in [3.8, 4) is 0 Å². The van der Waals surface area contributed by atoms with Crippen molar-refractivity contribution in [2.75, 3.05) is 32.8 Å². The minimum absolute atomic E-state index is 0.363. The number of hydrogen-bond donors (Lipinski definition) is 1. The van der Waals surface area contributed by atoms with Crippen molar-refractivity contribution in [3.05, 3.63) is 0 Å². The van der Waals surface area contributed by atoms with Gasteiger partial charge in [-0.15, -0.1) is 0 Å². The van der Waals surface area contributed by atoms with Gasteiger partial charge in [0.25, 0.3) is 0 Å². The molecule has 2 aliphatic rings. The van der Waals surface area contributed by atoms with Crippen LogP contribution in [0.2, 0.25) is 0 Å². The Balaban J connectivity index is 1.73. The molecule has 2 fully saturated rings. The van der Waals surface area contributed by atoms with Gasteiger partial charge in [-0.1, -0.05) is 12.8 Å². The van der Waals surface area contributed by atoms with Crippen LogP contribution < -0.4 is 5.73 Å². The maximum absolute atomic E-state index is 6.33. The third-order valence-corrected chi connectivity index (χ3v) is 4.04. The zero-order chi connectivity index (χ0) is 11.2. The van der Waals surface area contributed by atoms with E-state index in [0.29, 0.717) is 12.0 Å². The van der Waals surface area contributed by atoms with Crippen LogP contribution in [0.4, 0.5) is 0 Å². The highest BCUT2D eigenvalue weighted by Crippen LogP contribution is 2.19. The molecule has 2 rings (SSSR count). The van der Waals surface area contributed by atoms with E-state index < -0.39 is 0 Å². The molecule has 3 nitrogen and oxygen atoms in total. The molecule has 2 aliphatic heterocycles. The van der Waals surface area contributed by atoms with Crippen LogP contribution in [0.5, 0.6) is 0 Å². The molecule has 0 spiro atoms. The Labute approximate surface area is 99.3 Å². The summed E-state index contributed by atoms with van der Waals surface area (Å²) in [5.74, 6) is 0.692. The van der Waals surface area contributed by atoms with E-state index in [0.717, 1.165) is 32.6 Å². The molecule has 0 aromatic heterocycles. The van der Waals surface area contributed by atoms with Gasteiger partial charge in [-0.25, -0.2) is 0 Å². The van der Waals surface area contributed by atoms with Gasteiger partial charge in [0.15, 0.2) is 0 Å². The average Bonchev–Trinajstić information content (AvgIpc) is 2.59. The van der Waals surface area contributed by atoms with Crippen molar-refractivity contribution in [3.63, 3.8) is 0 Å². The topological polar surface area (TPSA) is 38.5 Å². The van der Waals surface area contributed by atoms with Crippen LogP contribution in [0.25, 0.3) is 0 Å². The second kappa shape index (κ2) is 6.58. The van der Waals surface area contributed by atoms with Crippen molar-refractivity contribution in [2.45, 2.75) is 44.6 Å². The Morgan fingerprint density at radius 2 is 1.69 bits per heavy atom. The van der Waals surface area contributed by atoms with Crippen LogP contribution in [0.15, 0.2) is 0 Å². The van der Waals surface area contributed by atoms with Crippen LogP contribution >= 0.6 is 0 Å². The maximum Gasteiger partial charge on any atom is 0.0469 e. The van der Waals surface area contributed by atoms with Crippen LogP contribution in [-0.2, 0) is 4.74 Å². The molecule has 3 heteroatoms. The lowest BCUT2D eigenvalue weighted by atomic mass is 9.92. The molecular weight excluding hydrogens is 200 g/mol. The number of rotatable bonds is 3. The molecule has 2 saturated heterocycles. The molecule has 0 bridgehead atoms. The molecule has 0 aliphatic carbocycles. The largest absolute Gasteiger partial charge is 0.381 e. The highest BCUT2D eigenvalue weighted by molar-refractivity contribution is 4.79. The van der Waals surface area contributed by atoms with Crippen molar-refractivity contribution in [1.29, 1.82) is 0 Å². The molecule has 0 saturated carbocycles. The smallest absolute Gasteiger partial charge is 0.0469 e. The van der Waals surface area contributed by atoms with Gasteiger partial charge in [0.05, 0.1) is 0 Å². The zero-order valence-corrected chi connectivity index (χ0v) is 10.4. The summed E-state index contributed by atoms with van der Waals surface area (Å²) in [5, 5.41) is 0. The summed E-state index contributed by atoms with van der Waals surface area (Å²) in [6.45, 7) is 5.45. The van der Waals surface area contributed by atoms with Crippen molar-refractivity contribution >= 4 is 0 Å².